The van der Waals surface area contributed by atoms with Gasteiger partial charge in [0.1, 0.15) is 5.01 Å². The van der Waals surface area contributed by atoms with E-state index in [4.69, 9.17) is 4.74 Å². The van der Waals surface area contributed by atoms with Gasteiger partial charge in [-0.2, -0.15) is 0 Å². The summed E-state index contributed by atoms with van der Waals surface area (Å²) in [5.41, 5.74) is 0.828. The van der Waals surface area contributed by atoms with Crippen molar-refractivity contribution in [2.45, 2.75) is 46.0 Å². The minimum atomic E-state index is -0.238. The zero-order chi connectivity index (χ0) is 15.2. The van der Waals surface area contributed by atoms with Crippen LogP contribution in [0.5, 0.6) is 0 Å². The Kier molecular flexibility index (Phi) is 5.73. The van der Waals surface area contributed by atoms with E-state index in [1.54, 1.807) is 6.92 Å². The number of aryl methyl sites for hydroxylation is 1. The van der Waals surface area contributed by atoms with Crippen LogP contribution in [0.1, 0.15) is 41.8 Å². The fraction of sp³-hybridized carbons (Fsp3) is 0.667. The molecule has 0 radical (unpaired) electrons. The molecule has 0 atom stereocenters. The van der Waals surface area contributed by atoms with Crippen molar-refractivity contribution in [1.29, 1.82) is 0 Å². The monoisotopic (exact) mass is 310 g/mol. The van der Waals surface area contributed by atoms with Crippen LogP contribution in [-0.2, 0) is 27.2 Å². The van der Waals surface area contributed by atoms with Crippen molar-refractivity contribution in [2.75, 3.05) is 19.7 Å². The molecular weight excluding hydrogens is 288 g/mol. The average molecular weight is 310 g/mol. The lowest BCUT2D eigenvalue weighted by Gasteiger charge is -2.26. The molecule has 1 fully saturated rings. The van der Waals surface area contributed by atoms with E-state index in [-0.39, 0.29) is 18.3 Å². The smallest absolute Gasteiger partial charge is 0.311 e. The molecule has 2 heterocycles. The standard InChI is InChI=1S/C15H22N2O3S/c1-3-20-15(19)9-12-11(2)16-13(21-12)10-14(18)17-7-5-4-6-8-17/h3-10H2,1-2H3. The van der Waals surface area contributed by atoms with Gasteiger partial charge in [-0.05, 0) is 33.1 Å². The average Bonchev–Trinajstić information content (AvgIpc) is 2.80. The lowest BCUT2D eigenvalue weighted by molar-refractivity contribution is -0.142. The highest BCUT2D eigenvalue weighted by Crippen LogP contribution is 2.21. The second kappa shape index (κ2) is 7.54. The first-order valence-corrected chi connectivity index (χ1v) is 8.30. The minimum Gasteiger partial charge on any atom is -0.466 e. The maximum absolute atomic E-state index is 12.2. The van der Waals surface area contributed by atoms with Crippen LogP contribution in [0.3, 0.4) is 0 Å². The van der Waals surface area contributed by atoms with Gasteiger partial charge >= 0.3 is 5.97 Å². The van der Waals surface area contributed by atoms with Crippen LogP contribution in [0.2, 0.25) is 0 Å². The highest BCUT2D eigenvalue weighted by Gasteiger charge is 2.19. The van der Waals surface area contributed by atoms with Gasteiger partial charge in [-0.15, -0.1) is 11.3 Å². The van der Waals surface area contributed by atoms with Gasteiger partial charge < -0.3 is 9.64 Å². The Labute approximate surface area is 129 Å². The van der Waals surface area contributed by atoms with E-state index in [2.05, 4.69) is 4.98 Å². The predicted octanol–water partition coefficient (Wildman–Crippen LogP) is 2.11. The Bertz CT molecular complexity index is 507. The van der Waals surface area contributed by atoms with Crippen LogP contribution in [0.4, 0.5) is 0 Å². The van der Waals surface area contributed by atoms with Gasteiger partial charge in [0.25, 0.3) is 0 Å². The maximum atomic E-state index is 12.2. The van der Waals surface area contributed by atoms with Gasteiger partial charge in [0.2, 0.25) is 5.91 Å². The molecule has 6 heteroatoms. The molecule has 0 spiro atoms. The number of carbonyl (C=O) groups is 2. The molecule has 1 saturated heterocycles. The molecule has 5 nitrogen and oxygen atoms in total. The van der Waals surface area contributed by atoms with Crippen molar-refractivity contribution in [1.82, 2.24) is 9.88 Å². The number of hydrogen-bond acceptors (Lipinski definition) is 5. The Morgan fingerprint density at radius 3 is 2.62 bits per heavy atom. The van der Waals surface area contributed by atoms with Crippen molar-refractivity contribution in [2.24, 2.45) is 0 Å². The topological polar surface area (TPSA) is 59.5 Å². The van der Waals surface area contributed by atoms with Crippen molar-refractivity contribution in [3.05, 3.63) is 15.6 Å². The van der Waals surface area contributed by atoms with E-state index in [0.29, 0.717) is 13.0 Å². The number of rotatable bonds is 5. The van der Waals surface area contributed by atoms with Crippen molar-refractivity contribution >= 4 is 23.2 Å². The summed E-state index contributed by atoms with van der Waals surface area (Å²) >= 11 is 1.45. The van der Waals surface area contributed by atoms with Gasteiger partial charge in [-0.25, -0.2) is 4.98 Å². The molecule has 116 valence electrons. The highest BCUT2D eigenvalue weighted by atomic mass is 32.1. The summed E-state index contributed by atoms with van der Waals surface area (Å²) < 4.78 is 4.95. The van der Waals surface area contributed by atoms with Crippen molar-refractivity contribution in [3.8, 4) is 0 Å². The van der Waals surface area contributed by atoms with Crippen LogP contribution < -0.4 is 0 Å². The summed E-state index contributed by atoms with van der Waals surface area (Å²) in [5.74, 6) is -0.0932. The summed E-state index contributed by atoms with van der Waals surface area (Å²) in [4.78, 5) is 31.0. The Balaban J connectivity index is 1.94. The molecule has 1 aliphatic heterocycles. The number of piperidine rings is 1. The molecule has 0 aromatic carbocycles. The van der Waals surface area contributed by atoms with Gasteiger partial charge in [0.05, 0.1) is 25.1 Å². The molecule has 1 aromatic heterocycles. The number of carbonyl (C=O) groups excluding carboxylic acids is 2. The number of nitrogens with zero attached hydrogens (tertiary/aromatic N) is 2. The Morgan fingerprint density at radius 2 is 1.95 bits per heavy atom. The van der Waals surface area contributed by atoms with Gasteiger partial charge in [-0.3, -0.25) is 9.59 Å². The number of hydrogen-bond donors (Lipinski definition) is 0. The van der Waals surface area contributed by atoms with E-state index in [1.165, 1.54) is 17.8 Å². The SMILES string of the molecule is CCOC(=O)Cc1sc(CC(=O)N2CCCCC2)nc1C. The molecule has 0 aliphatic carbocycles. The first kappa shape index (κ1) is 15.9. The second-order valence-electron chi connectivity index (χ2n) is 5.22. The molecule has 0 saturated carbocycles. The molecule has 0 unspecified atom stereocenters. The normalized spacial score (nSPS) is 15.0. The van der Waals surface area contributed by atoms with Crippen LogP contribution >= 0.6 is 11.3 Å². The predicted molar refractivity (Wildman–Crippen MR) is 81.3 cm³/mol. The quantitative estimate of drug-likeness (QED) is 0.782. The fourth-order valence-electron chi connectivity index (χ4n) is 2.46. The van der Waals surface area contributed by atoms with E-state index in [9.17, 15) is 9.59 Å². The van der Waals surface area contributed by atoms with E-state index >= 15 is 0 Å². The van der Waals surface area contributed by atoms with Gasteiger partial charge in [0, 0.05) is 18.0 Å². The molecule has 1 aliphatic rings. The summed E-state index contributed by atoms with van der Waals surface area (Å²) in [6, 6.07) is 0. The summed E-state index contributed by atoms with van der Waals surface area (Å²) in [6.07, 6.45) is 3.99. The second-order valence-corrected chi connectivity index (χ2v) is 6.38. The largest absolute Gasteiger partial charge is 0.466 e. The third-order valence-corrected chi connectivity index (χ3v) is 4.72. The molecule has 0 bridgehead atoms. The number of amides is 1. The minimum absolute atomic E-state index is 0.145. The number of thiazole rings is 1. The van der Waals surface area contributed by atoms with Crippen molar-refractivity contribution < 1.29 is 14.3 Å². The molecule has 1 aromatic rings. The van der Waals surface area contributed by atoms with Gasteiger partial charge in [0.15, 0.2) is 0 Å². The van der Waals surface area contributed by atoms with Crippen LogP contribution in [-0.4, -0.2) is 41.5 Å². The van der Waals surface area contributed by atoms with Crippen molar-refractivity contribution in [3.63, 3.8) is 0 Å². The summed E-state index contributed by atoms with van der Waals surface area (Å²) in [5, 5.41) is 0.794. The lowest BCUT2D eigenvalue weighted by Crippen LogP contribution is -2.36. The first-order chi connectivity index (χ1) is 10.1. The number of ether oxygens (including phenoxy) is 1. The summed E-state index contributed by atoms with van der Waals surface area (Å²) in [6.45, 7) is 5.77. The van der Waals surface area contributed by atoms with Crippen LogP contribution in [0, 0.1) is 6.92 Å². The zero-order valence-corrected chi connectivity index (χ0v) is 13.5. The maximum Gasteiger partial charge on any atom is 0.311 e. The third kappa shape index (κ3) is 4.52. The Morgan fingerprint density at radius 1 is 1.24 bits per heavy atom. The summed E-state index contributed by atoms with van der Waals surface area (Å²) in [7, 11) is 0. The number of esters is 1. The molecule has 2 rings (SSSR count). The molecule has 0 N–H and O–H groups in total. The molecular formula is C15H22N2O3S. The van der Waals surface area contributed by atoms with Gasteiger partial charge in [-0.1, -0.05) is 0 Å². The number of aromatic nitrogens is 1. The van der Waals surface area contributed by atoms with E-state index in [1.807, 2.05) is 11.8 Å². The fourth-order valence-corrected chi connectivity index (χ4v) is 3.50. The highest BCUT2D eigenvalue weighted by molar-refractivity contribution is 7.12. The van der Waals surface area contributed by atoms with Crippen LogP contribution in [0.15, 0.2) is 0 Å². The zero-order valence-electron chi connectivity index (χ0n) is 12.7. The Hall–Kier alpha value is -1.43. The number of likely N-dealkylation sites (tertiary alicyclic amines) is 1. The first-order valence-electron chi connectivity index (χ1n) is 7.48. The third-order valence-electron chi connectivity index (χ3n) is 3.56. The van der Waals surface area contributed by atoms with E-state index < -0.39 is 0 Å². The lowest BCUT2D eigenvalue weighted by atomic mass is 10.1. The van der Waals surface area contributed by atoms with E-state index in [0.717, 1.165) is 41.5 Å². The van der Waals surface area contributed by atoms with Crippen LogP contribution in [0.25, 0.3) is 0 Å². The molecule has 21 heavy (non-hydrogen) atoms. The molecule has 1 amide bonds.